The van der Waals surface area contributed by atoms with Gasteiger partial charge in [0.05, 0.1) is 0 Å². The van der Waals surface area contributed by atoms with E-state index in [-0.39, 0.29) is 4.87 Å². The lowest BCUT2D eigenvalue weighted by Crippen LogP contribution is -2.71. The lowest BCUT2D eigenvalue weighted by molar-refractivity contribution is 0.411. The first-order valence-corrected chi connectivity index (χ1v) is 20.8. The Morgan fingerprint density at radius 3 is 1.38 bits per heavy atom. The zero-order valence-corrected chi connectivity index (χ0v) is 24.8. The molecule has 26 heavy (non-hydrogen) atoms. The average molecular weight is 475 g/mol. The molecular weight excluding hydrogens is 429 g/mol. The SMILES string of the molecule is CCC(C[Si](Cl)(Cl)C(S)CC)N([Si](C)(C)C(C)(C)C)[Si](C)(C)C(C)(C)C. The predicted octanol–water partition coefficient (Wildman–Crippen LogP) is 8.24. The summed E-state index contributed by atoms with van der Waals surface area (Å²) in [5.41, 5.74) is 0. The summed E-state index contributed by atoms with van der Waals surface area (Å²) in [6.45, 7) is 26.8. The summed E-state index contributed by atoms with van der Waals surface area (Å²) >= 11 is 18.7. The Morgan fingerprint density at radius 2 is 1.15 bits per heavy atom. The molecule has 1 nitrogen and oxygen atoms in total. The van der Waals surface area contributed by atoms with Crippen molar-refractivity contribution in [1.82, 2.24) is 4.23 Å². The lowest BCUT2D eigenvalue weighted by Gasteiger charge is -2.60. The normalized spacial score (nSPS) is 17.5. The zero-order chi connectivity index (χ0) is 21.4. The molecule has 0 rings (SSSR count). The van der Waals surface area contributed by atoms with Crippen LogP contribution in [0.25, 0.3) is 0 Å². The van der Waals surface area contributed by atoms with Crippen LogP contribution in [-0.4, -0.2) is 38.3 Å². The van der Waals surface area contributed by atoms with Gasteiger partial charge in [-0.15, -0.1) is 22.2 Å². The van der Waals surface area contributed by atoms with Gasteiger partial charge in [0.2, 0.25) is 0 Å². The molecule has 0 aromatic rings. The monoisotopic (exact) mass is 473 g/mol. The van der Waals surface area contributed by atoms with Gasteiger partial charge in [0, 0.05) is 4.87 Å². The minimum atomic E-state index is -2.42. The molecule has 158 valence electrons. The van der Waals surface area contributed by atoms with E-state index in [1.807, 2.05) is 0 Å². The van der Waals surface area contributed by atoms with Crippen LogP contribution in [0.1, 0.15) is 68.2 Å². The van der Waals surface area contributed by atoms with Gasteiger partial charge in [0.15, 0.2) is 0 Å². The van der Waals surface area contributed by atoms with Crippen molar-refractivity contribution >= 4 is 58.0 Å². The first-order valence-electron chi connectivity index (χ1n) is 10.1. The van der Waals surface area contributed by atoms with Crippen LogP contribution >= 0.6 is 34.8 Å². The maximum absolute atomic E-state index is 6.97. The van der Waals surface area contributed by atoms with Gasteiger partial charge in [-0.05, 0) is 35.0 Å². The van der Waals surface area contributed by atoms with Crippen molar-refractivity contribution in [3.05, 3.63) is 0 Å². The second-order valence-corrected chi connectivity index (χ2v) is 29.9. The molecule has 0 bridgehead atoms. The summed E-state index contributed by atoms with van der Waals surface area (Å²) in [4.78, 5) is 0.139. The van der Waals surface area contributed by atoms with Crippen LogP contribution in [0.5, 0.6) is 0 Å². The van der Waals surface area contributed by atoms with E-state index >= 15 is 0 Å². The highest BCUT2D eigenvalue weighted by molar-refractivity contribution is 7.85. The summed E-state index contributed by atoms with van der Waals surface area (Å²) in [5, 5.41) is 0.591. The topological polar surface area (TPSA) is 3.24 Å². The molecule has 0 spiro atoms. The molecule has 0 fully saturated rings. The molecule has 0 saturated heterocycles. The zero-order valence-electron chi connectivity index (χ0n) is 19.4. The summed E-state index contributed by atoms with van der Waals surface area (Å²) in [5.74, 6) is 0. The standard InChI is InChI=1S/C19H45Cl2NSSi3/c1-13-16(15-26(20,21)17(23)14-2)22(24(9,10)18(3,4)5)25(11,12)19(6,7)8/h16-17,23H,13-15H2,1-12H3. The smallest absolute Gasteiger partial charge is 0.265 e. The van der Waals surface area contributed by atoms with Crippen molar-refractivity contribution in [3.63, 3.8) is 0 Å². The lowest BCUT2D eigenvalue weighted by atomic mass is 10.2. The molecule has 0 saturated carbocycles. The van der Waals surface area contributed by atoms with Gasteiger partial charge in [-0.1, -0.05) is 81.6 Å². The van der Waals surface area contributed by atoms with Crippen molar-refractivity contribution < 1.29 is 0 Å². The summed E-state index contributed by atoms with van der Waals surface area (Å²) in [6, 6.07) is 1.38. The number of thiol groups is 1. The maximum atomic E-state index is 6.97. The van der Waals surface area contributed by atoms with Crippen LogP contribution in [0.15, 0.2) is 0 Å². The molecule has 0 aromatic heterocycles. The average Bonchev–Trinajstić information content (AvgIpc) is 2.42. The Bertz CT molecular complexity index is 431. The molecular formula is C19H45Cl2NSSi3. The van der Waals surface area contributed by atoms with Gasteiger partial charge in [-0.25, -0.2) is 0 Å². The summed E-state index contributed by atoms with van der Waals surface area (Å²) < 4.78 is 3.02. The van der Waals surface area contributed by atoms with Crippen molar-refractivity contribution in [2.24, 2.45) is 0 Å². The largest absolute Gasteiger partial charge is 0.342 e. The third-order valence-electron chi connectivity index (χ3n) is 7.09. The molecule has 0 heterocycles. The fraction of sp³-hybridized carbons (Fsp3) is 1.00. The second-order valence-electron chi connectivity index (χ2n) is 10.9. The molecule has 0 radical (unpaired) electrons. The van der Waals surface area contributed by atoms with Gasteiger partial charge < -0.3 is 4.23 Å². The molecule has 0 N–H and O–H groups in total. The third kappa shape index (κ3) is 6.02. The molecule has 7 heteroatoms. The van der Waals surface area contributed by atoms with Gasteiger partial charge in [-0.3, -0.25) is 0 Å². The van der Waals surface area contributed by atoms with Gasteiger partial charge in [-0.2, -0.15) is 12.6 Å². The summed E-state index contributed by atoms with van der Waals surface area (Å²) in [6.07, 6.45) is 2.05. The second kappa shape index (κ2) is 9.13. The van der Waals surface area contributed by atoms with Crippen molar-refractivity contribution in [2.75, 3.05) is 0 Å². The van der Waals surface area contributed by atoms with E-state index in [9.17, 15) is 0 Å². The van der Waals surface area contributed by atoms with E-state index in [1.54, 1.807) is 0 Å². The Morgan fingerprint density at radius 1 is 0.808 bits per heavy atom. The van der Waals surface area contributed by atoms with Crippen molar-refractivity contribution in [3.8, 4) is 0 Å². The maximum Gasteiger partial charge on any atom is 0.265 e. The van der Waals surface area contributed by atoms with Crippen LogP contribution in [0.4, 0.5) is 0 Å². The molecule has 0 aliphatic heterocycles. The highest BCUT2D eigenvalue weighted by Gasteiger charge is 2.55. The molecule has 0 aliphatic carbocycles. The van der Waals surface area contributed by atoms with Crippen LogP contribution in [0.3, 0.4) is 0 Å². The number of hydrogen-bond acceptors (Lipinski definition) is 2. The van der Waals surface area contributed by atoms with Crippen LogP contribution < -0.4 is 0 Å². The highest BCUT2D eigenvalue weighted by Crippen LogP contribution is 2.49. The Balaban J connectivity index is 6.31. The van der Waals surface area contributed by atoms with E-state index in [0.29, 0.717) is 16.1 Å². The van der Waals surface area contributed by atoms with Gasteiger partial charge in [0.1, 0.15) is 16.5 Å². The molecule has 2 unspecified atom stereocenters. The quantitative estimate of drug-likeness (QED) is 0.210. The Kier molecular flexibility index (Phi) is 9.67. The first-order chi connectivity index (χ1) is 11.3. The fourth-order valence-electron chi connectivity index (χ4n) is 3.50. The van der Waals surface area contributed by atoms with Crippen LogP contribution in [0.2, 0.25) is 42.3 Å². The van der Waals surface area contributed by atoms with Crippen LogP contribution in [0, 0.1) is 0 Å². The number of hydrogen-bond donors (Lipinski definition) is 1. The van der Waals surface area contributed by atoms with E-state index in [4.69, 9.17) is 34.8 Å². The van der Waals surface area contributed by atoms with Crippen molar-refractivity contribution in [2.45, 2.75) is 121 Å². The van der Waals surface area contributed by atoms with Crippen LogP contribution in [-0.2, 0) is 0 Å². The van der Waals surface area contributed by atoms with E-state index in [0.717, 1.165) is 18.9 Å². The summed E-state index contributed by atoms with van der Waals surface area (Å²) in [7, 11) is -3.47. The van der Waals surface area contributed by atoms with E-state index in [2.05, 4.69) is 85.8 Å². The Labute approximate surface area is 183 Å². The minimum absolute atomic E-state index is 0.139. The van der Waals surface area contributed by atoms with E-state index in [1.165, 1.54) is 0 Å². The van der Waals surface area contributed by atoms with Gasteiger partial charge in [0.25, 0.3) is 6.69 Å². The fourth-order valence-corrected chi connectivity index (χ4v) is 19.6. The minimum Gasteiger partial charge on any atom is -0.342 e. The molecule has 0 aliphatic rings. The molecule has 2 atom stereocenters. The number of rotatable bonds is 8. The Hall–Kier alpha value is 1.54. The van der Waals surface area contributed by atoms with Crippen molar-refractivity contribution in [1.29, 1.82) is 0 Å². The number of nitrogens with zero attached hydrogens (tertiary/aromatic N) is 1. The third-order valence-corrected chi connectivity index (χ3v) is 28.4. The van der Waals surface area contributed by atoms with Gasteiger partial charge >= 0.3 is 0 Å². The predicted molar refractivity (Wildman–Crippen MR) is 136 cm³/mol. The number of halogens is 2. The first kappa shape index (κ1) is 27.5. The highest BCUT2D eigenvalue weighted by atomic mass is 35.7. The van der Waals surface area contributed by atoms with E-state index < -0.39 is 23.2 Å². The molecule has 0 aromatic carbocycles. The molecule has 0 amide bonds.